The molecule has 2 rings (SSSR count). The van der Waals surface area contributed by atoms with Crippen LogP contribution in [-0.2, 0) is 6.18 Å². The monoisotopic (exact) mass is 288 g/mol. The first-order chi connectivity index (χ1) is 8.45. The highest BCUT2D eigenvalue weighted by Gasteiger charge is 2.29. The van der Waals surface area contributed by atoms with E-state index < -0.39 is 11.7 Å². The summed E-state index contributed by atoms with van der Waals surface area (Å²) in [6.07, 6.45) is -4.29. The Morgan fingerprint density at radius 3 is 1.67 bits per heavy atom. The first-order valence-electron chi connectivity index (χ1n) is 5.06. The summed E-state index contributed by atoms with van der Waals surface area (Å²) in [5.41, 5.74) is -0.636. The molecule has 5 heteroatoms. The lowest BCUT2D eigenvalue weighted by molar-refractivity contribution is -0.137. The van der Waals surface area contributed by atoms with Crippen molar-refractivity contribution in [3.05, 3.63) is 59.1 Å². The normalized spacial score (nSPS) is 11.6. The molecule has 0 saturated carbocycles. The predicted octanol–water partition coefficient (Wildman–Crippen LogP) is 5.51. The molecule has 2 aromatic rings. The molecule has 0 atom stereocenters. The Hall–Kier alpha value is -1.13. The lowest BCUT2D eigenvalue weighted by atomic mass is 10.2. The number of rotatable bonds is 2. The van der Waals surface area contributed by atoms with E-state index in [9.17, 15) is 13.2 Å². The third-order valence-corrected chi connectivity index (χ3v) is 3.50. The molecule has 0 amide bonds. The highest BCUT2D eigenvalue weighted by molar-refractivity contribution is 7.99. The van der Waals surface area contributed by atoms with Gasteiger partial charge in [0.15, 0.2) is 0 Å². The highest BCUT2D eigenvalue weighted by Crippen LogP contribution is 2.33. The van der Waals surface area contributed by atoms with Crippen molar-refractivity contribution in [3.8, 4) is 0 Å². The highest BCUT2D eigenvalue weighted by atomic mass is 35.5. The van der Waals surface area contributed by atoms with Gasteiger partial charge in [-0.3, -0.25) is 0 Å². The van der Waals surface area contributed by atoms with E-state index in [0.29, 0.717) is 5.02 Å². The molecule has 0 radical (unpaired) electrons. The molecule has 0 unspecified atom stereocenters. The summed E-state index contributed by atoms with van der Waals surface area (Å²) in [5.74, 6) is 0. The second kappa shape index (κ2) is 5.24. The quantitative estimate of drug-likeness (QED) is 0.702. The lowest BCUT2D eigenvalue weighted by Gasteiger charge is -2.07. The lowest BCUT2D eigenvalue weighted by Crippen LogP contribution is -2.03. The van der Waals surface area contributed by atoms with Gasteiger partial charge in [-0.1, -0.05) is 23.4 Å². The Kier molecular flexibility index (Phi) is 3.88. The van der Waals surface area contributed by atoms with E-state index in [0.717, 1.165) is 21.9 Å². The molecule has 0 aromatic heterocycles. The molecule has 0 saturated heterocycles. The molecule has 2 aromatic carbocycles. The van der Waals surface area contributed by atoms with Crippen LogP contribution in [0.1, 0.15) is 5.56 Å². The van der Waals surface area contributed by atoms with Crippen molar-refractivity contribution in [2.75, 3.05) is 0 Å². The summed E-state index contributed by atoms with van der Waals surface area (Å²) < 4.78 is 37.1. The molecule has 0 fully saturated rings. The maximum Gasteiger partial charge on any atom is 0.416 e. The molecular weight excluding hydrogens is 281 g/mol. The van der Waals surface area contributed by atoms with Gasteiger partial charge in [-0.2, -0.15) is 13.2 Å². The molecule has 94 valence electrons. The van der Waals surface area contributed by atoms with Gasteiger partial charge < -0.3 is 0 Å². The van der Waals surface area contributed by atoms with Gasteiger partial charge in [-0.15, -0.1) is 0 Å². The van der Waals surface area contributed by atoms with Crippen LogP contribution in [0.2, 0.25) is 5.02 Å². The third kappa shape index (κ3) is 3.43. The van der Waals surface area contributed by atoms with Crippen LogP contribution in [0.25, 0.3) is 0 Å². The Balaban J connectivity index is 2.13. The molecule has 18 heavy (non-hydrogen) atoms. The van der Waals surface area contributed by atoms with Crippen LogP contribution < -0.4 is 0 Å². The van der Waals surface area contributed by atoms with Crippen molar-refractivity contribution in [2.45, 2.75) is 16.0 Å². The van der Waals surface area contributed by atoms with E-state index in [2.05, 4.69) is 0 Å². The molecule has 0 aliphatic rings. The molecular formula is C13H8ClF3S. The average molecular weight is 289 g/mol. The fourth-order valence-electron chi connectivity index (χ4n) is 1.35. The van der Waals surface area contributed by atoms with Crippen LogP contribution in [0, 0.1) is 0 Å². The van der Waals surface area contributed by atoms with Gasteiger partial charge in [0, 0.05) is 14.8 Å². The minimum Gasteiger partial charge on any atom is -0.166 e. The van der Waals surface area contributed by atoms with E-state index in [-0.39, 0.29) is 0 Å². The van der Waals surface area contributed by atoms with Crippen LogP contribution in [0.4, 0.5) is 13.2 Å². The number of alkyl halides is 3. The van der Waals surface area contributed by atoms with Gasteiger partial charge in [-0.25, -0.2) is 0 Å². The Morgan fingerprint density at radius 2 is 1.22 bits per heavy atom. The van der Waals surface area contributed by atoms with E-state index in [1.807, 2.05) is 12.1 Å². The van der Waals surface area contributed by atoms with Crippen molar-refractivity contribution >= 4 is 23.4 Å². The first kappa shape index (κ1) is 13.3. The van der Waals surface area contributed by atoms with Gasteiger partial charge >= 0.3 is 6.18 Å². The smallest absolute Gasteiger partial charge is 0.166 e. The summed E-state index contributed by atoms with van der Waals surface area (Å²) in [5, 5.41) is 0.631. The second-order valence-corrected chi connectivity index (χ2v) is 5.16. The number of benzene rings is 2. The van der Waals surface area contributed by atoms with Gasteiger partial charge in [0.2, 0.25) is 0 Å². The van der Waals surface area contributed by atoms with Crippen LogP contribution >= 0.6 is 23.4 Å². The average Bonchev–Trinajstić information content (AvgIpc) is 2.32. The van der Waals surface area contributed by atoms with Gasteiger partial charge in [0.25, 0.3) is 0 Å². The summed E-state index contributed by atoms with van der Waals surface area (Å²) in [6, 6.07) is 12.2. The molecule has 0 heterocycles. The summed E-state index contributed by atoms with van der Waals surface area (Å²) >= 11 is 7.14. The van der Waals surface area contributed by atoms with Crippen LogP contribution in [0.5, 0.6) is 0 Å². The van der Waals surface area contributed by atoms with Crippen molar-refractivity contribution in [1.82, 2.24) is 0 Å². The van der Waals surface area contributed by atoms with E-state index in [1.54, 1.807) is 12.1 Å². The summed E-state index contributed by atoms with van der Waals surface area (Å²) in [7, 11) is 0. The van der Waals surface area contributed by atoms with E-state index in [4.69, 9.17) is 11.6 Å². The zero-order chi connectivity index (χ0) is 13.2. The van der Waals surface area contributed by atoms with Crippen LogP contribution in [0.3, 0.4) is 0 Å². The Bertz CT molecular complexity index is 517. The SMILES string of the molecule is FC(F)(F)c1ccc(Sc2ccc(Cl)cc2)cc1. The second-order valence-electron chi connectivity index (χ2n) is 3.58. The maximum absolute atomic E-state index is 12.4. The number of hydrogen-bond donors (Lipinski definition) is 0. The summed E-state index contributed by atoms with van der Waals surface area (Å²) in [6.45, 7) is 0. The van der Waals surface area contributed by atoms with Crippen molar-refractivity contribution in [1.29, 1.82) is 0 Å². The number of halogens is 4. The van der Waals surface area contributed by atoms with Crippen LogP contribution in [-0.4, -0.2) is 0 Å². The van der Waals surface area contributed by atoms with Gasteiger partial charge in [0.1, 0.15) is 0 Å². The molecule has 0 aliphatic carbocycles. The maximum atomic E-state index is 12.4. The first-order valence-corrected chi connectivity index (χ1v) is 6.25. The fourth-order valence-corrected chi connectivity index (χ4v) is 2.29. The fraction of sp³-hybridized carbons (Fsp3) is 0.0769. The minimum atomic E-state index is -4.29. The van der Waals surface area contributed by atoms with Gasteiger partial charge in [-0.05, 0) is 48.5 Å². The Morgan fingerprint density at radius 1 is 0.778 bits per heavy atom. The van der Waals surface area contributed by atoms with Crippen molar-refractivity contribution < 1.29 is 13.2 Å². The largest absolute Gasteiger partial charge is 0.416 e. The molecule has 0 spiro atoms. The topological polar surface area (TPSA) is 0 Å². The standard InChI is InChI=1S/C13H8ClF3S/c14-10-3-7-12(8-4-10)18-11-5-1-9(2-6-11)13(15,16)17/h1-8H. The molecule has 0 aliphatic heterocycles. The van der Waals surface area contributed by atoms with Crippen LogP contribution in [0.15, 0.2) is 58.3 Å². The molecule has 0 N–H and O–H groups in total. The Labute approximate surface area is 112 Å². The minimum absolute atomic E-state index is 0.631. The predicted molar refractivity (Wildman–Crippen MR) is 67.0 cm³/mol. The molecule has 0 bridgehead atoms. The van der Waals surface area contributed by atoms with Crippen molar-refractivity contribution in [2.24, 2.45) is 0 Å². The molecule has 0 nitrogen and oxygen atoms in total. The third-order valence-electron chi connectivity index (χ3n) is 2.23. The van der Waals surface area contributed by atoms with E-state index in [1.165, 1.54) is 23.9 Å². The van der Waals surface area contributed by atoms with E-state index >= 15 is 0 Å². The zero-order valence-corrected chi connectivity index (χ0v) is 10.6. The zero-order valence-electron chi connectivity index (χ0n) is 9.04. The van der Waals surface area contributed by atoms with Crippen molar-refractivity contribution in [3.63, 3.8) is 0 Å². The number of hydrogen-bond acceptors (Lipinski definition) is 1. The van der Waals surface area contributed by atoms with Gasteiger partial charge in [0.05, 0.1) is 5.56 Å². The summed E-state index contributed by atoms with van der Waals surface area (Å²) in [4.78, 5) is 1.68.